The van der Waals surface area contributed by atoms with Gasteiger partial charge in [0.05, 0.1) is 0 Å². The lowest BCUT2D eigenvalue weighted by atomic mass is 9.93. The van der Waals surface area contributed by atoms with Gasteiger partial charge >= 0.3 is 0 Å². The average Bonchev–Trinajstić information content (AvgIpc) is 3.13. The molecule has 130 valence electrons. The maximum absolute atomic E-state index is 12.5. The second-order valence-electron chi connectivity index (χ2n) is 6.73. The number of nitrogens with zero attached hydrogens (tertiary/aromatic N) is 1. The summed E-state index contributed by atoms with van der Waals surface area (Å²) in [5.74, 6) is 1.51. The lowest BCUT2D eigenvalue weighted by molar-refractivity contribution is -0.706. The number of hydrogen-bond acceptors (Lipinski definition) is 3. The summed E-state index contributed by atoms with van der Waals surface area (Å²) in [4.78, 5) is 12.5. The molecule has 0 radical (unpaired) electrons. The third-order valence-electron chi connectivity index (χ3n) is 5.04. The smallest absolute Gasteiger partial charge is 0.289 e. The molecule has 1 aromatic carbocycles. The van der Waals surface area contributed by atoms with Crippen molar-refractivity contribution < 1.29 is 18.8 Å². The van der Waals surface area contributed by atoms with Gasteiger partial charge in [0.1, 0.15) is 0 Å². The second-order valence-corrected chi connectivity index (χ2v) is 6.73. The maximum Gasteiger partial charge on any atom is 0.289 e. The quantitative estimate of drug-likeness (QED) is 0.871. The molecule has 0 unspecified atom stereocenters. The van der Waals surface area contributed by atoms with Crippen LogP contribution in [0.25, 0.3) is 0 Å². The highest BCUT2D eigenvalue weighted by Crippen LogP contribution is 2.32. The van der Waals surface area contributed by atoms with E-state index in [2.05, 4.69) is 17.6 Å². The molecule has 5 heteroatoms. The first-order valence-electron chi connectivity index (χ1n) is 8.89. The van der Waals surface area contributed by atoms with Crippen LogP contribution in [0.3, 0.4) is 0 Å². The van der Waals surface area contributed by atoms with E-state index in [9.17, 15) is 4.79 Å². The molecule has 0 fully saturated rings. The summed E-state index contributed by atoms with van der Waals surface area (Å²) >= 11 is 0. The highest BCUT2D eigenvalue weighted by Gasteiger charge is 2.24. The fourth-order valence-corrected chi connectivity index (χ4v) is 3.45. The molecule has 0 bridgehead atoms. The molecule has 1 amide bonds. The minimum absolute atomic E-state index is 0.0124. The first-order chi connectivity index (χ1) is 12.2. The van der Waals surface area contributed by atoms with Crippen LogP contribution in [0, 0.1) is 0 Å². The van der Waals surface area contributed by atoms with Crippen LogP contribution in [-0.2, 0) is 24.2 Å². The Morgan fingerprint density at radius 3 is 2.84 bits per heavy atom. The summed E-state index contributed by atoms with van der Waals surface area (Å²) in [7, 11) is 0. The lowest BCUT2D eigenvalue weighted by Crippen LogP contribution is -2.46. The van der Waals surface area contributed by atoms with Crippen LogP contribution in [0.5, 0.6) is 11.5 Å². The predicted octanol–water partition coefficient (Wildman–Crippen LogP) is 2.46. The molecule has 25 heavy (non-hydrogen) atoms. The van der Waals surface area contributed by atoms with Gasteiger partial charge in [-0.25, -0.2) is 0 Å². The Kier molecular flexibility index (Phi) is 4.30. The van der Waals surface area contributed by atoms with Crippen molar-refractivity contribution in [3.8, 4) is 11.5 Å². The molecule has 2 aromatic rings. The molecular weight excluding hydrogens is 316 g/mol. The number of carbonyl (C=O) groups is 1. The van der Waals surface area contributed by atoms with E-state index in [0.717, 1.165) is 29.9 Å². The van der Waals surface area contributed by atoms with E-state index >= 15 is 0 Å². The first kappa shape index (κ1) is 15.9. The zero-order valence-electron chi connectivity index (χ0n) is 14.5. The first-order valence-corrected chi connectivity index (χ1v) is 8.89. The van der Waals surface area contributed by atoms with Gasteiger partial charge < -0.3 is 14.8 Å². The van der Waals surface area contributed by atoms with Gasteiger partial charge in [-0.15, -0.1) is 0 Å². The Labute approximate surface area is 147 Å². The summed E-state index contributed by atoms with van der Waals surface area (Å²) in [5.41, 5.74) is 3.81. The van der Waals surface area contributed by atoms with Crippen molar-refractivity contribution in [1.82, 2.24) is 5.32 Å². The molecule has 1 atom stereocenters. The number of pyridine rings is 1. The molecule has 1 aromatic heterocycles. The Hall–Kier alpha value is -2.56. The number of aromatic nitrogens is 1. The molecule has 0 saturated heterocycles. The van der Waals surface area contributed by atoms with Crippen molar-refractivity contribution in [2.24, 2.45) is 0 Å². The summed E-state index contributed by atoms with van der Waals surface area (Å²) in [6.07, 6.45) is 8.93. The molecule has 0 spiro atoms. The number of amides is 1. The van der Waals surface area contributed by atoms with E-state index in [-0.39, 0.29) is 18.7 Å². The molecule has 1 aliphatic heterocycles. The maximum atomic E-state index is 12.5. The van der Waals surface area contributed by atoms with Crippen molar-refractivity contribution in [3.05, 3.63) is 53.3 Å². The molecular formula is C20H23N2O3+. The Balaban J connectivity index is 1.40. The number of hydrogen-bond donors (Lipinski definition) is 1. The standard InChI is InChI=1S/C20H22N2O3/c1-14(22-9-8-16-4-2-3-5-17(16)12-22)20(23)21-11-15-6-7-18-19(10-15)25-13-24-18/h6-10,12,14H,2-5,11,13H2,1H3/p+1/t14-/m1/s1. The van der Waals surface area contributed by atoms with E-state index in [1.54, 1.807) is 0 Å². The van der Waals surface area contributed by atoms with E-state index < -0.39 is 0 Å². The second kappa shape index (κ2) is 6.75. The SMILES string of the molecule is C[C@H](C(=O)NCc1ccc2c(c1)OCO2)[n+]1ccc2c(c1)CCCC2. The number of rotatable bonds is 4. The van der Waals surface area contributed by atoms with Crippen molar-refractivity contribution in [1.29, 1.82) is 0 Å². The summed E-state index contributed by atoms with van der Waals surface area (Å²) in [6, 6.07) is 7.67. The van der Waals surface area contributed by atoms with Crippen molar-refractivity contribution in [2.45, 2.75) is 45.2 Å². The van der Waals surface area contributed by atoms with Crippen LogP contribution >= 0.6 is 0 Å². The van der Waals surface area contributed by atoms with Crippen molar-refractivity contribution in [3.63, 3.8) is 0 Å². The fraction of sp³-hybridized carbons (Fsp3) is 0.400. The molecule has 2 aliphatic rings. The molecule has 5 nitrogen and oxygen atoms in total. The van der Waals surface area contributed by atoms with Gasteiger partial charge in [0.15, 0.2) is 23.9 Å². The Morgan fingerprint density at radius 1 is 1.16 bits per heavy atom. The van der Waals surface area contributed by atoms with Crippen LogP contribution in [0.15, 0.2) is 36.7 Å². The van der Waals surface area contributed by atoms with E-state index in [4.69, 9.17) is 9.47 Å². The Bertz CT molecular complexity index is 804. The highest BCUT2D eigenvalue weighted by molar-refractivity contribution is 5.78. The van der Waals surface area contributed by atoms with E-state index in [1.165, 1.54) is 24.0 Å². The number of carbonyl (C=O) groups excluding carboxylic acids is 1. The molecule has 1 N–H and O–H groups in total. The number of ether oxygens (including phenoxy) is 2. The van der Waals surface area contributed by atoms with Gasteiger partial charge in [-0.3, -0.25) is 4.79 Å². The van der Waals surface area contributed by atoms with Gasteiger partial charge in [0, 0.05) is 25.1 Å². The number of benzene rings is 1. The fourth-order valence-electron chi connectivity index (χ4n) is 3.45. The lowest BCUT2D eigenvalue weighted by Gasteiger charge is -2.15. The number of nitrogens with one attached hydrogen (secondary N) is 1. The van der Waals surface area contributed by atoms with Gasteiger partial charge in [0.2, 0.25) is 12.8 Å². The molecule has 2 heterocycles. The van der Waals surface area contributed by atoms with Gasteiger partial charge in [-0.2, -0.15) is 4.57 Å². The van der Waals surface area contributed by atoms with E-state index in [0.29, 0.717) is 6.54 Å². The topological polar surface area (TPSA) is 51.4 Å². The van der Waals surface area contributed by atoms with Crippen LogP contribution in [-0.4, -0.2) is 12.7 Å². The van der Waals surface area contributed by atoms with Crippen LogP contribution in [0.1, 0.15) is 42.5 Å². The van der Waals surface area contributed by atoms with Crippen LogP contribution in [0.4, 0.5) is 0 Å². The predicted molar refractivity (Wildman–Crippen MR) is 92.4 cm³/mol. The zero-order chi connectivity index (χ0) is 17.2. The summed E-state index contributed by atoms with van der Waals surface area (Å²) in [6.45, 7) is 2.67. The molecule has 0 saturated carbocycles. The van der Waals surface area contributed by atoms with Gasteiger partial charge in [-0.1, -0.05) is 6.07 Å². The third kappa shape index (κ3) is 3.31. The van der Waals surface area contributed by atoms with Crippen LogP contribution < -0.4 is 19.4 Å². The molecule has 1 aliphatic carbocycles. The highest BCUT2D eigenvalue weighted by atomic mass is 16.7. The monoisotopic (exact) mass is 339 g/mol. The van der Waals surface area contributed by atoms with Crippen molar-refractivity contribution >= 4 is 5.91 Å². The van der Waals surface area contributed by atoms with E-state index in [1.807, 2.05) is 35.9 Å². The Morgan fingerprint density at radius 2 is 1.96 bits per heavy atom. The number of aryl methyl sites for hydroxylation is 2. The minimum Gasteiger partial charge on any atom is -0.454 e. The molecule has 4 rings (SSSR count). The summed E-state index contributed by atoms with van der Waals surface area (Å²) < 4.78 is 12.7. The van der Waals surface area contributed by atoms with Crippen LogP contribution in [0.2, 0.25) is 0 Å². The minimum atomic E-state index is -0.235. The van der Waals surface area contributed by atoms with Gasteiger partial charge in [-0.05, 0) is 48.9 Å². The summed E-state index contributed by atoms with van der Waals surface area (Å²) in [5, 5.41) is 3.01. The zero-order valence-corrected chi connectivity index (χ0v) is 14.5. The largest absolute Gasteiger partial charge is 0.454 e. The number of fused-ring (bicyclic) bond motifs is 2. The third-order valence-corrected chi connectivity index (χ3v) is 5.04. The average molecular weight is 339 g/mol. The van der Waals surface area contributed by atoms with Crippen molar-refractivity contribution in [2.75, 3.05) is 6.79 Å². The normalized spacial score (nSPS) is 16.2. The van der Waals surface area contributed by atoms with Gasteiger partial charge in [0.25, 0.3) is 5.91 Å².